The third kappa shape index (κ3) is 4.04. The molecule has 6 heteroatoms. The number of nitrogens with zero attached hydrogens (tertiary/aromatic N) is 1. The van der Waals surface area contributed by atoms with E-state index in [0.717, 1.165) is 23.2 Å². The van der Waals surface area contributed by atoms with Gasteiger partial charge in [-0.2, -0.15) is 0 Å². The van der Waals surface area contributed by atoms with E-state index < -0.39 is 0 Å². The van der Waals surface area contributed by atoms with Gasteiger partial charge >= 0.3 is 0 Å². The number of aromatic nitrogens is 2. The molecule has 5 nitrogen and oxygen atoms in total. The first-order valence-electron chi connectivity index (χ1n) is 7.40. The molecule has 2 heterocycles. The number of furan rings is 1. The molecule has 23 heavy (non-hydrogen) atoms. The number of anilines is 1. The molecule has 1 amide bonds. The van der Waals surface area contributed by atoms with Crippen molar-refractivity contribution in [2.24, 2.45) is 0 Å². The Morgan fingerprint density at radius 3 is 3.13 bits per heavy atom. The summed E-state index contributed by atoms with van der Waals surface area (Å²) in [6.45, 7) is 2.16. The Kier molecular flexibility index (Phi) is 4.83. The van der Waals surface area contributed by atoms with Gasteiger partial charge in [0.1, 0.15) is 5.76 Å². The molecule has 0 spiro atoms. The van der Waals surface area contributed by atoms with E-state index in [2.05, 4.69) is 28.3 Å². The Hall–Kier alpha value is -2.47. The van der Waals surface area contributed by atoms with Crippen LogP contribution in [0.15, 0.2) is 52.0 Å². The van der Waals surface area contributed by atoms with E-state index in [1.807, 2.05) is 23.9 Å². The number of rotatable bonds is 6. The molecule has 0 unspecified atom stereocenters. The summed E-state index contributed by atoms with van der Waals surface area (Å²) < 4.78 is 5.13. The molecule has 1 aromatic carbocycles. The fourth-order valence-electron chi connectivity index (χ4n) is 2.06. The van der Waals surface area contributed by atoms with Crippen LogP contribution < -0.4 is 5.32 Å². The van der Waals surface area contributed by atoms with E-state index >= 15 is 0 Å². The zero-order chi connectivity index (χ0) is 16.1. The SMILES string of the molecule is CCCSc1ccc2nc(NC(=O)C=Cc3ccco3)[nH]c2c1. The van der Waals surface area contributed by atoms with Gasteiger partial charge in [-0.15, -0.1) is 11.8 Å². The number of nitrogens with one attached hydrogen (secondary N) is 2. The standard InChI is InChI=1S/C17H17N3O2S/c1-2-10-23-13-6-7-14-15(11-13)19-17(18-14)20-16(21)8-5-12-4-3-9-22-12/h3-9,11H,2,10H2,1H3,(H2,18,19,20,21). The molecule has 0 atom stereocenters. The molecule has 0 fully saturated rings. The number of aromatic amines is 1. The molecule has 0 bridgehead atoms. The van der Waals surface area contributed by atoms with Gasteiger partial charge in [-0.05, 0) is 48.6 Å². The fraction of sp³-hybridized carbons (Fsp3) is 0.176. The first-order valence-corrected chi connectivity index (χ1v) is 8.38. The van der Waals surface area contributed by atoms with Gasteiger partial charge in [-0.25, -0.2) is 4.98 Å². The number of H-pyrrole nitrogens is 1. The van der Waals surface area contributed by atoms with Crippen molar-refractivity contribution in [3.05, 3.63) is 48.4 Å². The summed E-state index contributed by atoms with van der Waals surface area (Å²) in [5.41, 5.74) is 1.74. The first-order chi connectivity index (χ1) is 11.2. The highest BCUT2D eigenvalue weighted by molar-refractivity contribution is 7.99. The maximum atomic E-state index is 11.9. The van der Waals surface area contributed by atoms with Gasteiger partial charge in [0.05, 0.1) is 17.3 Å². The molecule has 2 N–H and O–H groups in total. The third-order valence-corrected chi connectivity index (χ3v) is 4.31. The Labute approximate surface area is 138 Å². The van der Waals surface area contributed by atoms with Crippen LogP contribution >= 0.6 is 11.8 Å². The van der Waals surface area contributed by atoms with Crippen LogP contribution in [0.25, 0.3) is 17.1 Å². The lowest BCUT2D eigenvalue weighted by molar-refractivity contribution is -0.111. The maximum Gasteiger partial charge on any atom is 0.250 e. The summed E-state index contributed by atoms with van der Waals surface area (Å²) in [5.74, 6) is 1.89. The van der Waals surface area contributed by atoms with Crippen LogP contribution in [0.3, 0.4) is 0 Å². The Balaban J connectivity index is 1.69. The minimum Gasteiger partial charge on any atom is -0.465 e. The van der Waals surface area contributed by atoms with Crippen molar-refractivity contribution in [2.45, 2.75) is 18.2 Å². The van der Waals surface area contributed by atoms with Gasteiger partial charge in [0, 0.05) is 11.0 Å². The highest BCUT2D eigenvalue weighted by Crippen LogP contribution is 2.23. The normalized spacial score (nSPS) is 11.3. The minimum absolute atomic E-state index is 0.263. The number of amides is 1. The van der Waals surface area contributed by atoms with Crippen LogP contribution in [0.4, 0.5) is 5.95 Å². The predicted octanol–water partition coefficient (Wildman–Crippen LogP) is 4.31. The number of benzene rings is 1. The number of hydrogen-bond donors (Lipinski definition) is 2. The van der Waals surface area contributed by atoms with Crippen LogP contribution in [0, 0.1) is 0 Å². The monoisotopic (exact) mass is 327 g/mol. The van der Waals surface area contributed by atoms with Gasteiger partial charge < -0.3 is 9.40 Å². The van der Waals surface area contributed by atoms with Gasteiger partial charge in [0.15, 0.2) is 0 Å². The number of imidazole rings is 1. The largest absolute Gasteiger partial charge is 0.465 e. The summed E-state index contributed by atoms with van der Waals surface area (Å²) in [7, 11) is 0. The zero-order valence-corrected chi connectivity index (χ0v) is 13.5. The minimum atomic E-state index is -0.263. The molecule has 3 rings (SSSR count). The third-order valence-electron chi connectivity index (χ3n) is 3.11. The lowest BCUT2D eigenvalue weighted by Crippen LogP contribution is -2.08. The number of carbonyl (C=O) groups excluding carboxylic acids is 1. The van der Waals surface area contributed by atoms with Gasteiger partial charge in [0.2, 0.25) is 5.95 Å². The van der Waals surface area contributed by atoms with Crippen molar-refractivity contribution in [1.29, 1.82) is 0 Å². The summed E-state index contributed by atoms with van der Waals surface area (Å²) in [5, 5.41) is 2.72. The van der Waals surface area contributed by atoms with Crippen molar-refractivity contribution < 1.29 is 9.21 Å². The van der Waals surface area contributed by atoms with Crippen LogP contribution in [-0.4, -0.2) is 21.6 Å². The average Bonchev–Trinajstić information content (AvgIpc) is 3.19. The molecule has 0 radical (unpaired) electrons. The highest BCUT2D eigenvalue weighted by Gasteiger charge is 2.06. The van der Waals surface area contributed by atoms with Crippen molar-refractivity contribution in [3.63, 3.8) is 0 Å². The van der Waals surface area contributed by atoms with Gasteiger partial charge in [0.25, 0.3) is 5.91 Å². The second-order valence-corrected chi connectivity index (χ2v) is 6.12. The molecule has 3 aromatic rings. The second-order valence-electron chi connectivity index (χ2n) is 4.95. The van der Waals surface area contributed by atoms with Crippen molar-refractivity contribution in [1.82, 2.24) is 9.97 Å². The smallest absolute Gasteiger partial charge is 0.250 e. The Morgan fingerprint density at radius 2 is 2.35 bits per heavy atom. The molecule has 0 saturated heterocycles. The molecule has 0 aliphatic rings. The van der Waals surface area contributed by atoms with Gasteiger partial charge in [-0.1, -0.05) is 6.92 Å². The molecule has 2 aromatic heterocycles. The molecule has 0 aliphatic carbocycles. The Bertz CT molecular complexity index is 822. The number of thioether (sulfide) groups is 1. The first kappa shape index (κ1) is 15.4. The Morgan fingerprint density at radius 1 is 1.43 bits per heavy atom. The quantitative estimate of drug-likeness (QED) is 0.523. The number of fused-ring (bicyclic) bond motifs is 1. The predicted molar refractivity (Wildman–Crippen MR) is 93.5 cm³/mol. The summed E-state index contributed by atoms with van der Waals surface area (Å²) in [4.78, 5) is 20.6. The molecule has 118 valence electrons. The van der Waals surface area contributed by atoms with E-state index in [9.17, 15) is 4.79 Å². The molecular formula is C17H17N3O2S. The van der Waals surface area contributed by atoms with Gasteiger partial charge in [-0.3, -0.25) is 10.1 Å². The molecule has 0 aliphatic heterocycles. The highest BCUT2D eigenvalue weighted by atomic mass is 32.2. The van der Waals surface area contributed by atoms with Crippen molar-refractivity contribution >= 4 is 40.7 Å². The number of hydrogen-bond acceptors (Lipinski definition) is 4. The topological polar surface area (TPSA) is 70.9 Å². The summed E-state index contributed by atoms with van der Waals surface area (Å²) >= 11 is 1.81. The molecule has 0 saturated carbocycles. The van der Waals surface area contributed by atoms with Crippen LogP contribution in [0.2, 0.25) is 0 Å². The summed E-state index contributed by atoms with van der Waals surface area (Å²) in [6.07, 6.45) is 5.71. The van der Waals surface area contributed by atoms with E-state index in [1.54, 1.807) is 24.5 Å². The van der Waals surface area contributed by atoms with Crippen LogP contribution in [-0.2, 0) is 4.79 Å². The van der Waals surface area contributed by atoms with Crippen molar-refractivity contribution in [2.75, 3.05) is 11.1 Å². The fourth-order valence-corrected chi connectivity index (χ4v) is 2.87. The average molecular weight is 327 g/mol. The zero-order valence-electron chi connectivity index (χ0n) is 12.7. The lowest BCUT2D eigenvalue weighted by atomic mass is 10.3. The second kappa shape index (κ2) is 7.19. The number of carbonyl (C=O) groups is 1. The van der Waals surface area contributed by atoms with Crippen LogP contribution in [0.1, 0.15) is 19.1 Å². The molecular weight excluding hydrogens is 310 g/mol. The van der Waals surface area contributed by atoms with Crippen LogP contribution in [0.5, 0.6) is 0 Å². The van der Waals surface area contributed by atoms with E-state index in [4.69, 9.17) is 4.42 Å². The van der Waals surface area contributed by atoms with Crippen molar-refractivity contribution in [3.8, 4) is 0 Å². The maximum absolute atomic E-state index is 11.9. The lowest BCUT2D eigenvalue weighted by Gasteiger charge is -1.98. The summed E-state index contributed by atoms with van der Waals surface area (Å²) in [6, 6.07) is 9.60. The van der Waals surface area contributed by atoms with E-state index in [-0.39, 0.29) is 5.91 Å². The van der Waals surface area contributed by atoms with E-state index in [0.29, 0.717) is 11.7 Å². The van der Waals surface area contributed by atoms with E-state index in [1.165, 1.54) is 11.0 Å².